The van der Waals surface area contributed by atoms with Gasteiger partial charge in [0, 0.05) is 24.2 Å². The number of nitro groups is 1. The van der Waals surface area contributed by atoms with Gasteiger partial charge in [-0.25, -0.2) is 13.2 Å². The molecule has 0 amide bonds. The van der Waals surface area contributed by atoms with E-state index in [1.807, 2.05) is 0 Å². The van der Waals surface area contributed by atoms with Crippen molar-refractivity contribution in [2.45, 2.75) is 6.54 Å². The molecule has 0 aliphatic rings. The van der Waals surface area contributed by atoms with Gasteiger partial charge in [-0.05, 0) is 18.2 Å². The van der Waals surface area contributed by atoms with Gasteiger partial charge >= 0.3 is 0 Å². The van der Waals surface area contributed by atoms with Crippen LogP contribution >= 0.6 is 0 Å². The van der Waals surface area contributed by atoms with E-state index in [9.17, 15) is 23.3 Å². The molecule has 0 aromatic heterocycles. The van der Waals surface area contributed by atoms with E-state index in [1.54, 1.807) is 0 Å². The smallest absolute Gasteiger partial charge is 0.271 e. The zero-order valence-corrected chi connectivity index (χ0v) is 10.1. The number of anilines is 1. The molecule has 0 heterocycles. The molecule has 2 aromatic rings. The first kappa shape index (κ1) is 13.9. The molecule has 0 aliphatic carbocycles. The first-order valence-corrected chi connectivity index (χ1v) is 5.59. The molecule has 20 heavy (non-hydrogen) atoms. The van der Waals surface area contributed by atoms with Gasteiger partial charge in [0.15, 0.2) is 0 Å². The van der Waals surface area contributed by atoms with Crippen LogP contribution < -0.4 is 5.32 Å². The minimum atomic E-state index is -0.775. The summed E-state index contributed by atoms with van der Waals surface area (Å²) in [6.07, 6.45) is 0. The van der Waals surface area contributed by atoms with Gasteiger partial charge in [0.25, 0.3) is 5.69 Å². The number of hydrogen-bond acceptors (Lipinski definition) is 3. The Morgan fingerprint density at radius 2 is 1.70 bits per heavy atom. The molecule has 2 aromatic carbocycles. The summed E-state index contributed by atoms with van der Waals surface area (Å²) in [6, 6.07) is 6.24. The van der Waals surface area contributed by atoms with E-state index in [-0.39, 0.29) is 23.5 Å². The first-order chi connectivity index (χ1) is 9.49. The number of benzene rings is 2. The molecule has 0 radical (unpaired) electrons. The van der Waals surface area contributed by atoms with E-state index in [0.29, 0.717) is 0 Å². The Morgan fingerprint density at radius 3 is 2.30 bits per heavy atom. The normalized spacial score (nSPS) is 10.3. The van der Waals surface area contributed by atoms with Crippen LogP contribution in [0.1, 0.15) is 5.56 Å². The minimum Gasteiger partial charge on any atom is -0.378 e. The van der Waals surface area contributed by atoms with E-state index >= 15 is 0 Å². The van der Waals surface area contributed by atoms with E-state index in [0.717, 1.165) is 30.3 Å². The van der Waals surface area contributed by atoms with Crippen molar-refractivity contribution in [3.63, 3.8) is 0 Å². The maximum atomic E-state index is 13.5. The monoisotopic (exact) mass is 282 g/mol. The Balaban J connectivity index is 2.23. The molecule has 104 valence electrons. The van der Waals surface area contributed by atoms with Crippen LogP contribution in [-0.4, -0.2) is 4.92 Å². The number of hydrogen-bond donors (Lipinski definition) is 1. The molecule has 0 saturated heterocycles. The third-order valence-corrected chi connectivity index (χ3v) is 2.68. The number of nitrogens with one attached hydrogen (secondary N) is 1. The number of halogens is 3. The van der Waals surface area contributed by atoms with Crippen LogP contribution in [0.25, 0.3) is 0 Å². The summed E-state index contributed by atoms with van der Waals surface area (Å²) >= 11 is 0. The predicted octanol–water partition coefficient (Wildman–Crippen LogP) is 3.62. The zero-order chi connectivity index (χ0) is 14.7. The largest absolute Gasteiger partial charge is 0.378 e. The molecule has 0 spiro atoms. The number of non-ortho nitro benzene ring substituents is 1. The van der Waals surface area contributed by atoms with E-state index in [1.165, 1.54) is 6.07 Å². The van der Waals surface area contributed by atoms with Gasteiger partial charge in [-0.1, -0.05) is 6.07 Å². The van der Waals surface area contributed by atoms with E-state index in [2.05, 4.69) is 5.32 Å². The van der Waals surface area contributed by atoms with Crippen molar-refractivity contribution in [2.24, 2.45) is 0 Å². The molecule has 0 saturated carbocycles. The molecular formula is C13H9F3N2O2. The van der Waals surface area contributed by atoms with Crippen molar-refractivity contribution in [3.8, 4) is 0 Å². The van der Waals surface area contributed by atoms with Gasteiger partial charge in [-0.3, -0.25) is 10.1 Å². The lowest BCUT2D eigenvalue weighted by Gasteiger charge is -2.09. The van der Waals surface area contributed by atoms with Crippen molar-refractivity contribution in [3.05, 3.63) is 69.5 Å². The standard InChI is InChI=1S/C13H9F3N2O2/c14-10-2-1-3-11(15)9(10)7-17-13-6-8(18(19)20)4-5-12(13)16/h1-6,17H,7H2. The maximum absolute atomic E-state index is 13.5. The zero-order valence-electron chi connectivity index (χ0n) is 10.1. The minimum absolute atomic E-state index is 0.193. The van der Waals surface area contributed by atoms with Crippen molar-refractivity contribution < 1.29 is 18.1 Å². The van der Waals surface area contributed by atoms with Crippen LogP contribution in [-0.2, 0) is 6.54 Å². The average molecular weight is 282 g/mol. The molecule has 4 nitrogen and oxygen atoms in total. The number of nitrogens with zero attached hydrogens (tertiary/aromatic N) is 1. The number of rotatable bonds is 4. The highest BCUT2D eigenvalue weighted by molar-refractivity contribution is 5.52. The second-order valence-electron chi connectivity index (χ2n) is 3.98. The molecule has 0 fully saturated rings. The third kappa shape index (κ3) is 2.87. The Morgan fingerprint density at radius 1 is 1.05 bits per heavy atom. The van der Waals surface area contributed by atoms with Gasteiger partial charge in [-0.15, -0.1) is 0 Å². The second-order valence-corrected chi connectivity index (χ2v) is 3.98. The predicted molar refractivity (Wildman–Crippen MR) is 66.7 cm³/mol. The summed E-state index contributed by atoms with van der Waals surface area (Å²) < 4.78 is 40.2. The summed E-state index contributed by atoms with van der Waals surface area (Å²) in [7, 11) is 0. The lowest BCUT2D eigenvalue weighted by molar-refractivity contribution is -0.384. The van der Waals surface area contributed by atoms with Crippen molar-refractivity contribution in [1.82, 2.24) is 0 Å². The highest BCUT2D eigenvalue weighted by Crippen LogP contribution is 2.22. The molecule has 1 N–H and O–H groups in total. The van der Waals surface area contributed by atoms with Crippen LogP contribution in [0.4, 0.5) is 24.5 Å². The SMILES string of the molecule is O=[N+]([O-])c1ccc(F)c(NCc2c(F)cccc2F)c1. The van der Waals surface area contributed by atoms with Crippen molar-refractivity contribution >= 4 is 11.4 Å². The molecule has 0 atom stereocenters. The molecule has 0 aliphatic heterocycles. The topological polar surface area (TPSA) is 55.2 Å². The molecule has 0 bridgehead atoms. The van der Waals surface area contributed by atoms with Gasteiger partial charge in [-0.2, -0.15) is 0 Å². The quantitative estimate of drug-likeness (QED) is 0.688. The Hall–Kier alpha value is -2.57. The summed E-state index contributed by atoms with van der Waals surface area (Å²) in [5, 5.41) is 13.0. The van der Waals surface area contributed by atoms with Crippen LogP contribution in [0.15, 0.2) is 36.4 Å². The van der Waals surface area contributed by atoms with E-state index < -0.39 is 22.4 Å². The summed E-state index contributed by atoms with van der Waals surface area (Å²) in [4.78, 5) is 9.90. The first-order valence-electron chi connectivity index (χ1n) is 5.59. The lowest BCUT2D eigenvalue weighted by atomic mass is 10.2. The Kier molecular flexibility index (Phi) is 3.88. The third-order valence-electron chi connectivity index (χ3n) is 2.68. The molecule has 0 unspecified atom stereocenters. The molecule has 2 rings (SSSR count). The summed E-state index contributed by atoms with van der Waals surface area (Å²) in [5.74, 6) is -2.29. The fraction of sp³-hybridized carbons (Fsp3) is 0.0769. The lowest BCUT2D eigenvalue weighted by Crippen LogP contribution is -2.06. The van der Waals surface area contributed by atoms with Crippen LogP contribution in [0.5, 0.6) is 0 Å². The maximum Gasteiger partial charge on any atom is 0.271 e. The summed E-state index contributed by atoms with van der Waals surface area (Å²) in [6.45, 7) is -0.323. The number of nitro benzene ring substituents is 1. The molecule has 7 heteroatoms. The fourth-order valence-corrected chi connectivity index (χ4v) is 1.65. The van der Waals surface area contributed by atoms with Crippen LogP contribution in [0, 0.1) is 27.6 Å². The highest BCUT2D eigenvalue weighted by Gasteiger charge is 2.13. The van der Waals surface area contributed by atoms with Crippen LogP contribution in [0.3, 0.4) is 0 Å². The van der Waals surface area contributed by atoms with Crippen molar-refractivity contribution in [2.75, 3.05) is 5.32 Å². The average Bonchev–Trinajstić information content (AvgIpc) is 2.39. The highest BCUT2D eigenvalue weighted by atomic mass is 19.1. The summed E-state index contributed by atoms with van der Waals surface area (Å²) in [5.41, 5.74) is -0.775. The second kappa shape index (κ2) is 5.60. The Bertz CT molecular complexity index is 642. The van der Waals surface area contributed by atoms with E-state index in [4.69, 9.17) is 0 Å². The van der Waals surface area contributed by atoms with Crippen molar-refractivity contribution in [1.29, 1.82) is 0 Å². The van der Waals surface area contributed by atoms with Gasteiger partial charge in [0.05, 0.1) is 10.6 Å². The van der Waals surface area contributed by atoms with Gasteiger partial charge in [0.1, 0.15) is 17.5 Å². The van der Waals surface area contributed by atoms with Crippen LogP contribution in [0.2, 0.25) is 0 Å². The van der Waals surface area contributed by atoms with Gasteiger partial charge < -0.3 is 5.32 Å². The fourth-order valence-electron chi connectivity index (χ4n) is 1.65. The van der Waals surface area contributed by atoms with Gasteiger partial charge in [0.2, 0.25) is 0 Å². The molecular weight excluding hydrogens is 273 g/mol. The Labute approximate surface area is 112 Å².